The lowest BCUT2D eigenvalue weighted by Gasteiger charge is -2.33. The van der Waals surface area contributed by atoms with E-state index in [0.717, 1.165) is 49.7 Å². The van der Waals surface area contributed by atoms with Gasteiger partial charge in [-0.25, -0.2) is 13.8 Å². The number of nitrogens with one attached hydrogen (secondary N) is 2. The number of anilines is 1. The molecule has 0 unspecified atom stereocenters. The average Bonchev–Trinajstić information content (AvgIpc) is 3.07. The summed E-state index contributed by atoms with van der Waals surface area (Å²) in [6.45, 7) is 17.9. The zero-order valence-electron chi connectivity index (χ0n) is 29.5. The van der Waals surface area contributed by atoms with Crippen LogP contribution in [0, 0.1) is 18.6 Å². The van der Waals surface area contributed by atoms with Crippen molar-refractivity contribution < 1.29 is 16.7 Å². The van der Waals surface area contributed by atoms with Crippen LogP contribution in [0.25, 0.3) is 11.6 Å². The van der Waals surface area contributed by atoms with Crippen LogP contribution in [0.5, 0.6) is 0 Å². The molecule has 2 aliphatic carbocycles. The van der Waals surface area contributed by atoms with Gasteiger partial charge in [-0.3, -0.25) is 0 Å². The maximum atomic E-state index is 15.0. The molecule has 1 fully saturated rings. The first-order valence-electron chi connectivity index (χ1n) is 16.2. The lowest BCUT2D eigenvalue weighted by Crippen LogP contribution is -2.38. The standard InChI is InChI=1S/C27H36F2N4.C9H10.C2H6.CH4O.2H2/c1-7-18-15-20(25-23(28)13-14-24(30-4)26(25)29)16-19(8-2)27(18)32-17(3)31-21-9-11-22(12-10-21)33(5)6;1-3-9-7-5-4-6-8(9)2;2*1-2;;/h7,13-16,21-22,30-31H,3,8-12H2,1-2,4-6H3;3-7H,1H2,2H3;1-2H3;2H,1H3;2*1H/b18-7-,32-27+;;;;;. The second kappa shape index (κ2) is 21.1. The van der Waals surface area contributed by atoms with Gasteiger partial charge in [0.25, 0.3) is 0 Å². The van der Waals surface area contributed by atoms with Gasteiger partial charge in [0.05, 0.1) is 17.0 Å². The highest BCUT2D eigenvalue weighted by Crippen LogP contribution is 2.34. The molecule has 0 saturated heterocycles. The van der Waals surface area contributed by atoms with Crippen LogP contribution in [0.15, 0.2) is 89.7 Å². The van der Waals surface area contributed by atoms with Crippen LogP contribution in [-0.4, -0.2) is 56.1 Å². The van der Waals surface area contributed by atoms with Gasteiger partial charge in [-0.15, -0.1) is 0 Å². The van der Waals surface area contributed by atoms with E-state index in [0.29, 0.717) is 29.9 Å². The van der Waals surface area contributed by atoms with E-state index in [1.807, 2.05) is 58.1 Å². The normalized spacial score (nSPS) is 18.9. The summed E-state index contributed by atoms with van der Waals surface area (Å²) in [5.74, 6) is -0.547. The van der Waals surface area contributed by atoms with E-state index in [-0.39, 0.29) is 14.1 Å². The van der Waals surface area contributed by atoms with Crippen LogP contribution in [0.4, 0.5) is 14.5 Å². The smallest absolute Gasteiger partial charge is 0.157 e. The molecule has 256 valence electrons. The lowest BCUT2D eigenvalue weighted by atomic mass is 9.87. The molecule has 2 aliphatic rings. The Kier molecular flexibility index (Phi) is 18.4. The first-order chi connectivity index (χ1) is 22.1. The number of halogens is 2. The Labute approximate surface area is 280 Å². The number of hydrogen-bond donors (Lipinski definition) is 3. The van der Waals surface area contributed by atoms with Crippen molar-refractivity contribution >= 4 is 23.0 Å². The van der Waals surface area contributed by atoms with Gasteiger partial charge in [0.15, 0.2) is 5.82 Å². The second-order valence-electron chi connectivity index (χ2n) is 11.0. The molecule has 7 heteroatoms. The van der Waals surface area contributed by atoms with E-state index in [9.17, 15) is 8.78 Å². The number of hydrogen-bond acceptors (Lipinski definition) is 5. The Balaban J connectivity index is 0. The van der Waals surface area contributed by atoms with Crippen LogP contribution in [0.2, 0.25) is 0 Å². The molecule has 0 bridgehead atoms. The van der Waals surface area contributed by atoms with Crippen molar-refractivity contribution in [3.63, 3.8) is 0 Å². The molecule has 4 rings (SSSR count). The first kappa shape index (κ1) is 40.2. The number of aryl methyl sites for hydroxylation is 1. The fourth-order valence-electron chi connectivity index (χ4n) is 5.45. The van der Waals surface area contributed by atoms with Gasteiger partial charge in [-0.2, -0.15) is 0 Å². The summed E-state index contributed by atoms with van der Waals surface area (Å²) in [7, 11) is 6.90. The van der Waals surface area contributed by atoms with E-state index >= 15 is 0 Å². The summed E-state index contributed by atoms with van der Waals surface area (Å²) >= 11 is 0. The predicted molar refractivity (Wildman–Crippen MR) is 200 cm³/mol. The SMILES string of the molecule is C=C(/N=C1/C(CC)=CC(c2c(F)ccc(NC)c2F)=C/C1=C/C)NC1CCC(N(C)C)CC1.C=Cc1ccccc1C.CC.CO.[HH].[HH]. The lowest BCUT2D eigenvalue weighted by molar-refractivity contribution is 0.208. The predicted octanol–water partition coefficient (Wildman–Crippen LogP) is 9.83. The molecule has 2 aromatic carbocycles. The molecule has 2 aromatic rings. The van der Waals surface area contributed by atoms with Gasteiger partial charge in [0.1, 0.15) is 11.6 Å². The first-order valence-corrected chi connectivity index (χ1v) is 16.2. The van der Waals surface area contributed by atoms with Gasteiger partial charge >= 0.3 is 0 Å². The van der Waals surface area contributed by atoms with Crippen molar-refractivity contribution in [3.05, 3.63) is 113 Å². The van der Waals surface area contributed by atoms with E-state index in [4.69, 9.17) is 10.1 Å². The molecule has 0 aliphatic heterocycles. The zero-order chi connectivity index (χ0) is 34.8. The zero-order valence-corrected chi connectivity index (χ0v) is 29.5. The van der Waals surface area contributed by atoms with E-state index in [1.165, 1.54) is 23.3 Å². The van der Waals surface area contributed by atoms with Crippen molar-refractivity contribution in [2.24, 2.45) is 4.99 Å². The van der Waals surface area contributed by atoms with Crippen LogP contribution < -0.4 is 10.6 Å². The Hall–Kier alpha value is -3.81. The van der Waals surface area contributed by atoms with E-state index < -0.39 is 11.6 Å². The molecule has 0 heterocycles. The molecular formula is C39H60F2N4O. The minimum Gasteiger partial charge on any atom is -0.400 e. The third kappa shape index (κ3) is 11.2. The summed E-state index contributed by atoms with van der Waals surface area (Å²) < 4.78 is 29.6. The van der Waals surface area contributed by atoms with Gasteiger partial charge in [-0.1, -0.05) is 70.3 Å². The molecule has 3 N–H and O–H groups in total. The topological polar surface area (TPSA) is 59.9 Å². The number of rotatable bonds is 8. The van der Waals surface area contributed by atoms with Crippen molar-refractivity contribution in [1.29, 1.82) is 0 Å². The maximum absolute atomic E-state index is 15.0. The third-order valence-electron chi connectivity index (χ3n) is 8.01. The summed E-state index contributed by atoms with van der Waals surface area (Å²) in [6.07, 6.45) is 12.6. The average molecular weight is 639 g/mol. The van der Waals surface area contributed by atoms with Crippen LogP contribution in [0.1, 0.15) is 79.3 Å². The fraction of sp³-hybridized carbons (Fsp3) is 0.410. The summed E-state index contributed by atoms with van der Waals surface area (Å²) in [5.41, 5.74) is 5.80. The van der Waals surface area contributed by atoms with Crippen LogP contribution in [0.3, 0.4) is 0 Å². The Morgan fingerprint density at radius 1 is 1.07 bits per heavy atom. The number of aliphatic hydroxyl groups excluding tert-OH is 1. The van der Waals surface area contributed by atoms with Crippen LogP contribution in [-0.2, 0) is 0 Å². The van der Waals surface area contributed by atoms with Crippen molar-refractivity contribution in [2.45, 2.75) is 78.8 Å². The number of benzene rings is 2. The molecule has 1 saturated carbocycles. The highest BCUT2D eigenvalue weighted by molar-refractivity contribution is 6.18. The minimum absolute atomic E-state index is 0. The quantitative estimate of drug-likeness (QED) is 0.269. The molecule has 0 aromatic heterocycles. The number of nitrogens with zero attached hydrogens (tertiary/aromatic N) is 2. The summed E-state index contributed by atoms with van der Waals surface area (Å²) in [4.78, 5) is 7.11. The van der Waals surface area contributed by atoms with Crippen molar-refractivity contribution in [2.75, 3.05) is 33.6 Å². The van der Waals surface area contributed by atoms with Gasteiger partial charge in [0, 0.05) is 29.1 Å². The molecule has 0 amide bonds. The Bertz CT molecular complexity index is 1410. The van der Waals surface area contributed by atoms with Gasteiger partial charge in [-0.05, 0) is 112 Å². The molecule has 46 heavy (non-hydrogen) atoms. The third-order valence-corrected chi connectivity index (χ3v) is 8.01. The second-order valence-corrected chi connectivity index (χ2v) is 11.0. The molecule has 0 radical (unpaired) electrons. The monoisotopic (exact) mass is 638 g/mol. The largest absolute Gasteiger partial charge is 0.400 e. The van der Waals surface area contributed by atoms with Crippen molar-refractivity contribution in [1.82, 2.24) is 10.2 Å². The summed E-state index contributed by atoms with van der Waals surface area (Å²) in [6, 6.07) is 11.9. The highest BCUT2D eigenvalue weighted by atomic mass is 19.1. The molecule has 0 spiro atoms. The minimum atomic E-state index is -0.592. The summed E-state index contributed by atoms with van der Waals surface area (Å²) in [5, 5.41) is 13.3. The van der Waals surface area contributed by atoms with E-state index in [1.54, 1.807) is 13.1 Å². The molecular weight excluding hydrogens is 578 g/mol. The van der Waals surface area contributed by atoms with E-state index in [2.05, 4.69) is 61.8 Å². The molecule has 0 atom stereocenters. The Morgan fingerprint density at radius 2 is 1.70 bits per heavy atom. The highest BCUT2D eigenvalue weighted by Gasteiger charge is 2.24. The maximum Gasteiger partial charge on any atom is 0.157 e. The van der Waals surface area contributed by atoms with Crippen molar-refractivity contribution in [3.8, 4) is 0 Å². The van der Waals surface area contributed by atoms with Crippen LogP contribution >= 0.6 is 0 Å². The Morgan fingerprint density at radius 3 is 2.20 bits per heavy atom. The fourth-order valence-corrected chi connectivity index (χ4v) is 5.45. The number of allylic oxidation sites excluding steroid dienone is 6. The molecule has 5 nitrogen and oxygen atoms in total. The van der Waals surface area contributed by atoms with Gasteiger partial charge in [0.2, 0.25) is 0 Å². The van der Waals surface area contributed by atoms with Gasteiger partial charge < -0.3 is 20.6 Å². The number of aliphatic hydroxyl groups is 1. The number of aliphatic imine (C=N–C) groups is 1.